The van der Waals surface area contributed by atoms with Gasteiger partial charge in [0.1, 0.15) is 5.76 Å². The molecule has 4 rings (SSSR count). The van der Waals surface area contributed by atoms with E-state index in [4.69, 9.17) is 0 Å². The predicted octanol–water partition coefficient (Wildman–Crippen LogP) is 3.66. The van der Waals surface area contributed by atoms with Gasteiger partial charge in [0.05, 0.1) is 22.0 Å². The highest BCUT2D eigenvalue weighted by Gasteiger charge is 2.17. The smallest absolute Gasteiger partial charge is 0.335 e. The van der Waals surface area contributed by atoms with E-state index in [0.29, 0.717) is 34.8 Å². The Morgan fingerprint density at radius 2 is 1.73 bits per heavy atom. The van der Waals surface area contributed by atoms with Crippen molar-refractivity contribution in [1.82, 2.24) is 4.57 Å². The molecule has 0 amide bonds. The molecule has 0 unspecified atom stereocenters. The van der Waals surface area contributed by atoms with Crippen LogP contribution in [0.15, 0.2) is 83.7 Å². The van der Waals surface area contributed by atoms with Gasteiger partial charge in [-0.15, -0.1) is 0 Å². The Morgan fingerprint density at radius 3 is 2.38 bits per heavy atom. The zero-order chi connectivity index (χ0) is 26.7. The van der Waals surface area contributed by atoms with E-state index >= 15 is 0 Å². The summed E-state index contributed by atoms with van der Waals surface area (Å²) in [5.41, 5.74) is 4.26. The van der Waals surface area contributed by atoms with Gasteiger partial charge in [0.2, 0.25) is 5.91 Å². The molecule has 0 fully saturated rings. The Bertz CT molecular complexity index is 1660. The number of carboxylic acids is 1. The molecule has 2 aromatic rings. The monoisotopic (exact) mass is 494 g/mol. The summed E-state index contributed by atoms with van der Waals surface area (Å²) in [5.74, 6) is -1.16. The summed E-state index contributed by atoms with van der Waals surface area (Å²) in [4.78, 5) is 24.2. The number of aromatic nitrogens is 1. The number of anilines is 1. The minimum atomic E-state index is -0.993. The van der Waals surface area contributed by atoms with Gasteiger partial charge in [0, 0.05) is 28.6 Å². The second-order valence-corrected chi connectivity index (χ2v) is 9.04. The molecule has 0 radical (unpaired) electrons. The van der Waals surface area contributed by atoms with Gasteiger partial charge in [-0.25, -0.2) is 4.79 Å². The number of rotatable bonds is 5. The standard InChI is InChI=1S/C31H30N2O4/c1-19-18-27-28(17-16-26(19)21(3)34)33(22(4)35)20(2)29(27)30(23-10-8-6-5-7-9-11-23)32-25-14-12-24(13-15-25)31(36)37/h5-8,11-15,17-18,32,34H,2-3,9-10,16H2,1,4H3,(H,36,37)/b7-5-,8-6-,23-11+,30-29+. The molecule has 0 aliphatic heterocycles. The average Bonchev–Trinajstić information content (AvgIpc) is 2.97. The third-order valence-electron chi connectivity index (χ3n) is 6.54. The van der Waals surface area contributed by atoms with Gasteiger partial charge < -0.3 is 15.5 Å². The summed E-state index contributed by atoms with van der Waals surface area (Å²) in [6.07, 6.45) is 16.0. The number of aromatic carboxylic acids is 1. The first kappa shape index (κ1) is 25.5. The number of allylic oxidation sites excluding steroid dienone is 7. The maximum absolute atomic E-state index is 12.8. The average molecular weight is 495 g/mol. The summed E-state index contributed by atoms with van der Waals surface area (Å²) in [6, 6.07) is 6.55. The van der Waals surface area contributed by atoms with E-state index in [1.54, 1.807) is 28.8 Å². The van der Waals surface area contributed by atoms with E-state index in [2.05, 4.69) is 36.7 Å². The van der Waals surface area contributed by atoms with Crippen molar-refractivity contribution in [2.75, 3.05) is 5.32 Å². The van der Waals surface area contributed by atoms with Gasteiger partial charge >= 0.3 is 5.97 Å². The number of hydrogen-bond donors (Lipinski definition) is 3. The fraction of sp³-hybridized carbons (Fsp3) is 0.161. The molecular formula is C31H30N2O4. The number of carbonyl (C=O) groups is 2. The molecule has 0 atom stereocenters. The number of aliphatic hydroxyl groups excluding tert-OH is 1. The van der Waals surface area contributed by atoms with E-state index in [-0.39, 0.29) is 17.2 Å². The third kappa shape index (κ3) is 5.19. The lowest BCUT2D eigenvalue weighted by Gasteiger charge is -2.15. The van der Waals surface area contributed by atoms with Crippen LogP contribution in [0.2, 0.25) is 0 Å². The number of fused-ring (bicyclic) bond motifs is 1. The van der Waals surface area contributed by atoms with Crippen LogP contribution in [0.5, 0.6) is 0 Å². The first-order valence-corrected chi connectivity index (χ1v) is 12.0. The number of nitrogens with one attached hydrogen (secondary N) is 1. The number of hydrogen-bond acceptors (Lipinski definition) is 4. The first-order valence-electron chi connectivity index (χ1n) is 12.0. The normalized spacial score (nSPS) is 18.9. The Kier molecular flexibility index (Phi) is 7.30. The molecule has 2 aliphatic rings. The van der Waals surface area contributed by atoms with Crippen LogP contribution in [0.3, 0.4) is 0 Å². The van der Waals surface area contributed by atoms with Gasteiger partial charge in [-0.2, -0.15) is 0 Å². The van der Waals surface area contributed by atoms with Gasteiger partial charge in [-0.3, -0.25) is 9.36 Å². The van der Waals surface area contributed by atoms with E-state index < -0.39 is 5.97 Å². The van der Waals surface area contributed by atoms with Crippen LogP contribution >= 0.6 is 0 Å². The topological polar surface area (TPSA) is 91.6 Å². The van der Waals surface area contributed by atoms with Gasteiger partial charge in [-0.1, -0.05) is 49.6 Å². The Balaban J connectivity index is 2.11. The Morgan fingerprint density at radius 1 is 1.03 bits per heavy atom. The summed E-state index contributed by atoms with van der Waals surface area (Å²) in [6.45, 7) is 11.4. The van der Waals surface area contributed by atoms with Crippen LogP contribution < -0.4 is 26.5 Å². The number of carbonyl (C=O) groups excluding carboxylic acids is 1. The molecule has 2 aliphatic carbocycles. The van der Waals surface area contributed by atoms with Crippen LogP contribution in [0.4, 0.5) is 5.69 Å². The molecule has 1 aromatic heterocycles. The zero-order valence-corrected chi connectivity index (χ0v) is 21.0. The number of benzene rings is 1. The first-order chi connectivity index (χ1) is 17.7. The van der Waals surface area contributed by atoms with Crippen molar-refractivity contribution in [1.29, 1.82) is 0 Å². The minimum absolute atomic E-state index is 0.00132. The zero-order valence-electron chi connectivity index (χ0n) is 21.0. The maximum atomic E-state index is 12.8. The van der Waals surface area contributed by atoms with Crippen molar-refractivity contribution in [3.8, 4) is 0 Å². The van der Waals surface area contributed by atoms with Crippen LogP contribution in [0.25, 0.3) is 24.4 Å². The molecule has 0 saturated heterocycles. The molecule has 6 heteroatoms. The van der Waals surface area contributed by atoms with Crippen molar-refractivity contribution in [3.63, 3.8) is 0 Å². The van der Waals surface area contributed by atoms with Gasteiger partial charge in [0.25, 0.3) is 0 Å². The van der Waals surface area contributed by atoms with Crippen LogP contribution in [-0.4, -0.2) is 26.7 Å². The minimum Gasteiger partial charge on any atom is -0.508 e. The molecule has 3 N–H and O–H groups in total. The molecule has 1 heterocycles. The largest absolute Gasteiger partial charge is 0.508 e. The number of aliphatic hydroxyl groups is 1. The number of nitrogens with zero attached hydrogens (tertiary/aromatic N) is 1. The van der Waals surface area contributed by atoms with Gasteiger partial charge in [0.15, 0.2) is 0 Å². The SMILES string of the molecule is C=C(O)C1=C(C)C=c2c(n(C(C)=O)c(=C)/c2=C(Nc2ccc(C(=O)O)cc2)/C2=C/C/C=C\C=C/C2)=CC1. The molecule has 188 valence electrons. The van der Waals surface area contributed by atoms with Crippen molar-refractivity contribution >= 4 is 42.0 Å². The van der Waals surface area contributed by atoms with Crippen molar-refractivity contribution in [2.24, 2.45) is 0 Å². The molecule has 37 heavy (non-hydrogen) atoms. The summed E-state index contributed by atoms with van der Waals surface area (Å²) in [5, 5.41) is 25.8. The Labute approximate surface area is 215 Å². The highest BCUT2D eigenvalue weighted by atomic mass is 16.4. The summed E-state index contributed by atoms with van der Waals surface area (Å²) < 4.78 is 1.60. The van der Waals surface area contributed by atoms with E-state index in [9.17, 15) is 19.8 Å². The second-order valence-electron chi connectivity index (χ2n) is 9.04. The molecule has 1 aromatic carbocycles. The van der Waals surface area contributed by atoms with Gasteiger partial charge in [-0.05, 0) is 67.7 Å². The van der Waals surface area contributed by atoms with E-state index in [0.717, 1.165) is 33.7 Å². The van der Waals surface area contributed by atoms with Crippen LogP contribution in [-0.2, 0) is 0 Å². The lowest BCUT2D eigenvalue weighted by Crippen LogP contribution is -2.41. The molecule has 0 saturated carbocycles. The second kappa shape index (κ2) is 10.6. The molecule has 0 spiro atoms. The lowest BCUT2D eigenvalue weighted by molar-refractivity contribution is 0.0696. The number of carboxylic acid groups (broad SMARTS) is 1. The maximum Gasteiger partial charge on any atom is 0.335 e. The van der Waals surface area contributed by atoms with E-state index in [1.165, 1.54) is 6.92 Å². The highest BCUT2D eigenvalue weighted by molar-refractivity contribution is 5.88. The fourth-order valence-corrected chi connectivity index (χ4v) is 4.73. The van der Waals surface area contributed by atoms with Crippen molar-refractivity contribution in [3.05, 3.63) is 110 Å². The third-order valence-corrected chi connectivity index (χ3v) is 6.54. The molecule has 0 bridgehead atoms. The molecule has 6 nitrogen and oxygen atoms in total. The Hall–Kier alpha value is -4.58. The van der Waals surface area contributed by atoms with E-state index in [1.807, 2.05) is 31.2 Å². The highest BCUT2D eigenvalue weighted by Crippen LogP contribution is 2.22. The lowest BCUT2D eigenvalue weighted by atomic mass is 10.0. The fourth-order valence-electron chi connectivity index (χ4n) is 4.73. The van der Waals surface area contributed by atoms with Crippen LogP contribution in [0, 0.1) is 0 Å². The quantitative estimate of drug-likeness (QED) is 0.552. The van der Waals surface area contributed by atoms with Crippen molar-refractivity contribution < 1.29 is 19.8 Å². The predicted molar refractivity (Wildman–Crippen MR) is 149 cm³/mol. The van der Waals surface area contributed by atoms with Crippen LogP contribution in [0.1, 0.15) is 48.3 Å². The van der Waals surface area contributed by atoms with Crippen molar-refractivity contribution in [2.45, 2.75) is 33.1 Å². The molecular weight excluding hydrogens is 464 g/mol. The summed E-state index contributed by atoms with van der Waals surface area (Å²) >= 11 is 0. The summed E-state index contributed by atoms with van der Waals surface area (Å²) in [7, 11) is 0.